The van der Waals surface area contributed by atoms with Crippen molar-refractivity contribution in [2.75, 3.05) is 4.90 Å². The van der Waals surface area contributed by atoms with Crippen molar-refractivity contribution < 1.29 is 14.1 Å². The monoisotopic (exact) mass is 537 g/mol. The number of benzene rings is 2. The lowest BCUT2D eigenvalue weighted by atomic mass is 9.82. The van der Waals surface area contributed by atoms with Gasteiger partial charge in [-0.1, -0.05) is 35.5 Å². The third-order valence-electron chi connectivity index (χ3n) is 7.44. The lowest BCUT2D eigenvalue weighted by Crippen LogP contribution is -2.46. The summed E-state index contributed by atoms with van der Waals surface area (Å²) in [5.41, 5.74) is 2.04. The van der Waals surface area contributed by atoms with Crippen LogP contribution in [0.1, 0.15) is 42.0 Å². The molecule has 40 heavy (non-hydrogen) atoms. The summed E-state index contributed by atoms with van der Waals surface area (Å²) >= 11 is 0. The van der Waals surface area contributed by atoms with Crippen LogP contribution in [0.15, 0.2) is 82.4 Å². The second-order valence-corrected chi connectivity index (χ2v) is 10.5. The van der Waals surface area contributed by atoms with Crippen molar-refractivity contribution in [2.24, 2.45) is 12.5 Å². The normalized spacial score (nSPS) is 18.4. The molecular weight excluding hydrogens is 510 g/mol. The smallest absolute Gasteiger partial charge is 0.293 e. The highest BCUT2D eigenvalue weighted by Gasteiger charge is 2.55. The summed E-state index contributed by atoms with van der Waals surface area (Å²) in [6.45, 7) is 5.26. The molecule has 2 atom stereocenters. The molecule has 2 aromatic carbocycles. The van der Waals surface area contributed by atoms with Crippen LogP contribution >= 0.6 is 0 Å². The fourth-order valence-electron chi connectivity index (χ4n) is 5.32. The summed E-state index contributed by atoms with van der Waals surface area (Å²) in [6.07, 6.45) is 3.45. The summed E-state index contributed by atoms with van der Waals surface area (Å²) in [6, 6.07) is 17.4. The number of carbonyl (C=O) groups excluding carboxylic acids is 2. The van der Waals surface area contributed by atoms with Crippen LogP contribution in [0.25, 0.3) is 16.6 Å². The van der Waals surface area contributed by atoms with Gasteiger partial charge in [0, 0.05) is 37.3 Å². The van der Waals surface area contributed by atoms with E-state index in [9.17, 15) is 14.4 Å². The zero-order valence-corrected chi connectivity index (χ0v) is 22.4. The maximum atomic E-state index is 14.0. The predicted molar refractivity (Wildman–Crippen MR) is 147 cm³/mol. The average Bonchev–Trinajstić information content (AvgIpc) is 3.62. The molecule has 1 aliphatic heterocycles. The number of aromatic nitrogens is 5. The zero-order valence-electron chi connectivity index (χ0n) is 22.4. The first-order chi connectivity index (χ1) is 19.1. The van der Waals surface area contributed by atoms with Crippen molar-refractivity contribution in [3.63, 3.8) is 0 Å². The van der Waals surface area contributed by atoms with Crippen molar-refractivity contribution in [3.05, 3.63) is 101 Å². The fourth-order valence-corrected chi connectivity index (χ4v) is 5.32. The number of nitrogens with zero attached hydrogens (tertiary/aromatic N) is 6. The van der Waals surface area contributed by atoms with E-state index in [1.54, 1.807) is 42.0 Å². The largest absolute Gasteiger partial charge is 0.343 e. The van der Waals surface area contributed by atoms with E-state index < -0.39 is 23.4 Å². The summed E-state index contributed by atoms with van der Waals surface area (Å²) < 4.78 is 8.23. The van der Waals surface area contributed by atoms with E-state index in [1.165, 1.54) is 10.6 Å². The number of hydrogen-bond donors (Lipinski definition) is 1. The SMILES string of the molecule is Cc1nc(C(=O)N[C@@H]2[C@@H](c3ccccc3)N(c3ccc4c(cnn4-c4ccc(=O)n(C)c4)c3)C(=O)C2(C)C)no1. The van der Waals surface area contributed by atoms with Crippen molar-refractivity contribution in [1.29, 1.82) is 0 Å². The van der Waals surface area contributed by atoms with E-state index in [2.05, 4.69) is 20.6 Å². The Bertz CT molecular complexity index is 1820. The van der Waals surface area contributed by atoms with Crippen LogP contribution in [0.3, 0.4) is 0 Å². The van der Waals surface area contributed by atoms with Gasteiger partial charge in [-0.3, -0.25) is 14.4 Å². The van der Waals surface area contributed by atoms with Crippen LogP contribution in [0.4, 0.5) is 5.69 Å². The van der Waals surface area contributed by atoms with Gasteiger partial charge < -0.3 is 19.3 Å². The molecule has 3 aromatic heterocycles. The van der Waals surface area contributed by atoms with Crippen LogP contribution in [-0.4, -0.2) is 42.3 Å². The van der Waals surface area contributed by atoms with Crippen molar-refractivity contribution in [2.45, 2.75) is 32.9 Å². The minimum atomic E-state index is -0.955. The van der Waals surface area contributed by atoms with Crippen LogP contribution in [0.2, 0.25) is 0 Å². The molecule has 0 bridgehead atoms. The Morgan fingerprint density at radius 1 is 1.02 bits per heavy atom. The Labute approximate surface area is 229 Å². The molecule has 11 heteroatoms. The molecule has 1 fully saturated rings. The molecule has 0 unspecified atom stereocenters. The molecule has 5 aromatic rings. The Hall–Kier alpha value is -5.06. The minimum Gasteiger partial charge on any atom is -0.343 e. The van der Waals surface area contributed by atoms with Crippen molar-refractivity contribution in [1.82, 2.24) is 29.8 Å². The number of amides is 2. The molecule has 0 aliphatic carbocycles. The van der Waals surface area contributed by atoms with Gasteiger partial charge in [0.1, 0.15) is 0 Å². The van der Waals surface area contributed by atoms with E-state index in [4.69, 9.17) is 4.52 Å². The summed E-state index contributed by atoms with van der Waals surface area (Å²) in [5.74, 6) is -0.460. The summed E-state index contributed by atoms with van der Waals surface area (Å²) in [5, 5.41) is 12.1. The molecular formula is C29H27N7O4. The van der Waals surface area contributed by atoms with Gasteiger partial charge in [0.25, 0.3) is 11.7 Å². The van der Waals surface area contributed by atoms with Crippen LogP contribution in [0.5, 0.6) is 0 Å². The number of hydrogen-bond acceptors (Lipinski definition) is 7. The topological polar surface area (TPSA) is 128 Å². The second-order valence-electron chi connectivity index (χ2n) is 10.5. The molecule has 6 rings (SSSR count). The van der Waals surface area contributed by atoms with Gasteiger partial charge in [0.15, 0.2) is 0 Å². The molecule has 2 amide bonds. The number of anilines is 1. The lowest BCUT2D eigenvalue weighted by molar-refractivity contribution is -0.124. The highest BCUT2D eigenvalue weighted by molar-refractivity contribution is 6.04. The number of aryl methyl sites for hydroxylation is 2. The molecule has 1 N–H and O–H groups in total. The zero-order chi connectivity index (χ0) is 28.2. The molecule has 11 nitrogen and oxygen atoms in total. The quantitative estimate of drug-likeness (QED) is 0.364. The van der Waals surface area contributed by atoms with Gasteiger partial charge in [-0.05, 0) is 43.7 Å². The fraction of sp³-hybridized carbons (Fsp3) is 0.241. The lowest BCUT2D eigenvalue weighted by Gasteiger charge is -2.30. The molecule has 0 saturated carbocycles. The Balaban J connectivity index is 1.43. The Morgan fingerprint density at radius 3 is 2.48 bits per heavy atom. The van der Waals surface area contributed by atoms with Crippen LogP contribution in [-0.2, 0) is 11.8 Å². The standard InChI is InChI=1S/C29H27N7O4/c1-17-31-26(33-40-17)27(38)32-25-24(18-8-6-5-7-9-18)35(28(39)29(25,2)3)20-10-12-22-19(14-20)15-30-36(22)21-11-13-23(37)34(4)16-21/h5-16,24-25H,1-4H3,(H,32,38)/t24-,25-/m1/s1. The van der Waals surface area contributed by atoms with Gasteiger partial charge in [-0.2, -0.15) is 10.1 Å². The number of pyridine rings is 1. The highest BCUT2D eigenvalue weighted by Crippen LogP contribution is 2.47. The average molecular weight is 538 g/mol. The van der Waals surface area contributed by atoms with Gasteiger partial charge in [-0.25, -0.2) is 4.68 Å². The van der Waals surface area contributed by atoms with E-state index in [-0.39, 0.29) is 23.2 Å². The number of fused-ring (bicyclic) bond motifs is 1. The Morgan fingerprint density at radius 2 is 1.77 bits per heavy atom. The van der Waals surface area contributed by atoms with Gasteiger partial charge in [-0.15, -0.1) is 0 Å². The van der Waals surface area contributed by atoms with E-state index >= 15 is 0 Å². The number of carbonyl (C=O) groups is 2. The molecule has 1 saturated heterocycles. The highest BCUT2D eigenvalue weighted by atomic mass is 16.5. The van der Waals surface area contributed by atoms with Crippen LogP contribution in [0, 0.1) is 12.3 Å². The van der Waals surface area contributed by atoms with Crippen LogP contribution < -0.4 is 15.8 Å². The van der Waals surface area contributed by atoms with E-state index in [1.807, 2.05) is 62.4 Å². The molecule has 0 spiro atoms. The predicted octanol–water partition coefficient (Wildman–Crippen LogP) is 3.33. The Kier molecular flexibility index (Phi) is 5.86. The number of nitrogens with one attached hydrogen (secondary N) is 1. The molecule has 202 valence electrons. The summed E-state index contributed by atoms with van der Waals surface area (Å²) in [7, 11) is 1.69. The van der Waals surface area contributed by atoms with Crippen molar-refractivity contribution in [3.8, 4) is 5.69 Å². The molecule has 0 radical (unpaired) electrons. The maximum Gasteiger partial charge on any atom is 0.293 e. The minimum absolute atomic E-state index is 0.0849. The second kappa shape index (κ2) is 9.30. The third-order valence-corrected chi connectivity index (χ3v) is 7.44. The number of rotatable bonds is 5. The first kappa shape index (κ1) is 25.2. The van der Waals surface area contributed by atoms with Gasteiger partial charge in [0.05, 0.1) is 34.9 Å². The van der Waals surface area contributed by atoms with E-state index in [0.717, 1.165) is 22.2 Å². The summed E-state index contributed by atoms with van der Waals surface area (Å²) in [4.78, 5) is 44.8. The molecule has 1 aliphatic rings. The first-order valence-corrected chi connectivity index (χ1v) is 12.8. The third kappa shape index (κ3) is 4.06. The maximum absolute atomic E-state index is 14.0. The van der Waals surface area contributed by atoms with Gasteiger partial charge >= 0.3 is 0 Å². The first-order valence-electron chi connectivity index (χ1n) is 12.8. The molecule has 4 heterocycles. The van der Waals surface area contributed by atoms with Crippen molar-refractivity contribution >= 4 is 28.4 Å². The van der Waals surface area contributed by atoms with E-state index in [0.29, 0.717) is 5.69 Å². The van der Waals surface area contributed by atoms with Gasteiger partial charge in [0.2, 0.25) is 17.4 Å².